The van der Waals surface area contributed by atoms with Crippen molar-refractivity contribution in [3.05, 3.63) is 12.2 Å². The van der Waals surface area contributed by atoms with Gasteiger partial charge in [-0.15, -0.1) is 0 Å². The minimum absolute atomic E-state index is 0.0993. The van der Waals surface area contributed by atoms with Gasteiger partial charge in [-0.1, -0.05) is 18.6 Å². The van der Waals surface area contributed by atoms with Gasteiger partial charge in [-0.05, 0) is 93.3 Å². The van der Waals surface area contributed by atoms with E-state index in [0.717, 1.165) is 48.3 Å². The third-order valence-electron chi connectivity index (χ3n) is 8.11. The monoisotopic (exact) mass is 314 g/mol. The molecule has 0 spiro atoms. The summed E-state index contributed by atoms with van der Waals surface area (Å²) in [5.41, 5.74) is -0.162. The third kappa shape index (κ3) is 2.23. The first-order valence-electron chi connectivity index (χ1n) is 10.0. The first-order chi connectivity index (χ1) is 11.1. The lowest BCUT2D eigenvalue weighted by Gasteiger charge is -2.37. The SMILES string of the molecule is CC1(OC(=O)CC2CC3CC2C2C4C=CC(C4)C32)CCCCC1. The fraction of sp³-hybridized carbons (Fsp3) is 0.857. The number of carbonyl (C=O) groups excluding carboxylic acids is 1. The Kier molecular flexibility index (Phi) is 3.23. The Balaban J connectivity index is 1.23. The second kappa shape index (κ2) is 5.10. The van der Waals surface area contributed by atoms with Crippen molar-refractivity contribution in [2.24, 2.45) is 41.4 Å². The van der Waals surface area contributed by atoms with E-state index in [1.807, 2.05) is 0 Å². The largest absolute Gasteiger partial charge is 0.459 e. The number of esters is 1. The molecule has 4 fully saturated rings. The molecule has 0 N–H and O–H groups in total. The predicted molar refractivity (Wildman–Crippen MR) is 89.6 cm³/mol. The molecule has 126 valence electrons. The van der Waals surface area contributed by atoms with Crippen molar-refractivity contribution < 1.29 is 9.53 Å². The van der Waals surface area contributed by atoms with E-state index >= 15 is 0 Å². The Bertz CT molecular complexity index is 530. The first kappa shape index (κ1) is 14.5. The zero-order valence-electron chi connectivity index (χ0n) is 14.4. The number of fused-ring (bicyclic) bond motifs is 9. The summed E-state index contributed by atoms with van der Waals surface area (Å²) in [6.45, 7) is 2.15. The number of ether oxygens (including phenoxy) is 1. The van der Waals surface area contributed by atoms with Gasteiger partial charge in [-0.3, -0.25) is 4.79 Å². The van der Waals surface area contributed by atoms with Crippen LogP contribution in [0.1, 0.15) is 64.7 Å². The first-order valence-corrected chi connectivity index (χ1v) is 10.0. The number of carbonyl (C=O) groups is 1. The van der Waals surface area contributed by atoms with Gasteiger partial charge in [-0.25, -0.2) is 0 Å². The van der Waals surface area contributed by atoms with E-state index in [4.69, 9.17) is 4.74 Å². The van der Waals surface area contributed by atoms with Crippen molar-refractivity contribution in [1.29, 1.82) is 0 Å². The summed E-state index contributed by atoms with van der Waals surface area (Å²) in [5, 5.41) is 0. The van der Waals surface area contributed by atoms with Crippen LogP contribution in [0.25, 0.3) is 0 Å². The highest BCUT2D eigenvalue weighted by Crippen LogP contribution is 2.67. The molecule has 2 heteroatoms. The average molecular weight is 314 g/mol. The second-order valence-electron chi connectivity index (χ2n) is 9.45. The van der Waals surface area contributed by atoms with Crippen LogP contribution < -0.4 is 0 Å². The molecule has 0 aromatic carbocycles. The van der Waals surface area contributed by atoms with Gasteiger partial charge in [-0.2, -0.15) is 0 Å². The molecule has 5 aliphatic rings. The smallest absolute Gasteiger partial charge is 0.306 e. The standard InChI is InChI=1S/C21H30O2/c1-21(7-3-2-4-8-21)23-18(22)12-15-10-16-11-17(15)20-14-6-5-13(9-14)19(16)20/h5-6,13-17,19-20H,2-4,7-12H2,1H3. The Morgan fingerprint density at radius 2 is 1.78 bits per heavy atom. The topological polar surface area (TPSA) is 26.3 Å². The normalized spacial score (nSPS) is 48.7. The Morgan fingerprint density at radius 1 is 1.04 bits per heavy atom. The molecule has 0 amide bonds. The molecule has 5 rings (SSSR count). The lowest BCUT2D eigenvalue weighted by Crippen LogP contribution is -2.36. The number of hydrogen-bond donors (Lipinski definition) is 0. The lowest BCUT2D eigenvalue weighted by molar-refractivity contribution is -0.163. The third-order valence-corrected chi connectivity index (χ3v) is 8.11. The number of rotatable bonds is 3. The molecule has 5 aliphatic carbocycles. The van der Waals surface area contributed by atoms with Gasteiger partial charge in [0.15, 0.2) is 0 Å². The average Bonchev–Trinajstić information content (AvgIpc) is 3.26. The van der Waals surface area contributed by atoms with Crippen LogP contribution in [0, 0.1) is 41.4 Å². The van der Waals surface area contributed by atoms with E-state index in [9.17, 15) is 4.79 Å². The van der Waals surface area contributed by atoms with E-state index in [-0.39, 0.29) is 11.6 Å². The molecule has 7 atom stereocenters. The van der Waals surface area contributed by atoms with Crippen molar-refractivity contribution in [3.63, 3.8) is 0 Å². The van der Waals surface area contributed by atoms with E-state index in [0.29, 0.717) is 12.3 Å². The van der Waals surface area contributed by atoms with E-state index in [1.54, 1.807) is 0 Å². The summed E-state index contributed by atoms with van der Waals surface area (Å²) in [5.74, 6) is 6.05. The summed E-state index contributed by atoms with van der Waals surface area (Å²) in [6, 6.07) is 0. The Morgan fingerprint density at radius 3 is 2.57 bits per heavy atom. The zero-order valence-corrected chi connectivity index (χ0v) is 14.4. The van der Waals surface area contributed by atoms with Crippen molar-refractivity contribution in [2.45, 2.75) is 70.3 Å². The van der Waals surface area contributed by atoms with Crippen LogP contribution in [0.4, 0.5) is 0 Å². The van der Waals surface area contributed by atoms with Crippen LogP contribution in [-0.4, -0.2) is 11.6 Å². The van der Waals surface area contributed by atoms with Crippen LogP contribution in [0.5, 0.6) is 0 Å². The van der Waals surface area contributed by atoms with Crippen molar-refractivity contribution in [1.82, 2.24) is 0 Å². The maximum Gasteiger partial charge on any atom is 0.306 e. The Hall–Kier alpha value is -0.790. The molecule has 0 aromatic rings. The highest BCUT2D eigenvalue weighted by Gasteiger charge is 2.61. The highest BCUT2D eigenvalue weighted by molar-refractivity contribution is 5.70. The molecule has 0 aromatic heterocycles. The summed E-state index contributed by atoms with van der Waals surface area (Å²) in [4.78, 5) is 12.6. The molecular formula is C21H30O2. The molecule has 2 nitrogen and oxygen atoms in total. The van der Waals surface area contributed by atoms with Gasteiger partial charge in [0.25, 0.3) is 0 Å². The van der Waals surface area contributed by atoms with Crippen LogP contribution >= 0.6 is 0 Å². The van der Waals surface area contributed by atoms with E-state index < -0.39 is 0 Å². The maximum atomic E-state index is 12.6. The quantitative estimate of drug-likeness (QED) is 0.427. The fourth-order valence-electron chi connectivity index (χ4n) is 7.32. The maximum absolute atomic E-state index is 12.6. The highest BCUT2D eigenvalue weighted by atomic mass is 16.6. The van der Waals surface area contributed by atoms with Crippen molar-refractivity contribution in [3.8, 4) is 0 Å². The van der Waals surface area contributed by atoms with Crippen molar-refractivity contribution >= 4 is 5.97 Å². The van der Waals surface area contributed by atoms with Crippen LogP contribution in [0.3, 0.4) is 0 Å². The van der Waals surface area contributed by atoms with Gasteiger partial charge < -0.3 is 4.74 Å². The number of hydrogen-bond acceptors (Lipinski definition) is 2. The molecule has 0 radical (unpaired) electrons. The van der Waals surface area contributed by atoms with Crippen LogP contribution in [0.2, 0.25) is 0 Å². The summed E-state index contributed by atoms with van der Waals surface area (Å²) in [6.07, 6.45) is 15.7. The molecule has 0 heterocycles. The van der Waals surface area contributed by atoms with Gasteiger partial charge in [0, 0.05) is 6.42 Å². The Labute approximate surface area is 140 Å². The second-order valence-corrected chi connectivity index (χ2v) is 9.45. The van der Waals surface area contributed by atoms with Gasteiger partial charge in [0.05, 0.1) is 0 Å². The zero-order chi connectivity index (χ0) is 15.6. The summed E-state index contributed by atoms with van der Waals surface area (Å²) < 4.78 is 5.97. The molecule has 7 unspecified atom stereocenters. The molecule has 23 heavy (non-hydrogen) atoms. The summed E-state index contributed by atoms with van der Waals surface area (Å²) in [7, 11) is 0. The molecule has 4 saturated carbocycles. The summed E-state index contributed by atoms with van der Waals surface area (Å²) >= 11 is 0. The molecule has 0 aliphatic heterocycles. The minimum atomic E-state index is -0.162. The van der Waals surface area contributed by atoms with Gasteiger partial charge in [0.1, 0.15) is 5.60 Å². The molecule has 4 bridgehead atoms. The minimum Gasteiger partial charge on any atom is -0.459 e. The molecule has 0 saturated heterocycles. The van der Waals surface area contributed by atoms with Gasteiger partial charge in [0.2, 0.25) is 0 Å². The molecular weight excluding hydrogens is 284 g/mol. The van der Waals surface area contributed by atoms with Crippen molar-refractivity contribution in [2.75, 3.05) is 0 Å². The number of allylic oxidation sites excluding steroid dienone is 2. The predicted octanol–water partition coefficient (Wildman–Crippen LogP) is 4.74. The fourth-order valence-corrected chi connectivity index (χ4v) is 7.32. The van der Waals surface area contributed by atoms with Crippen LogP contribution in [-0.2, 0) is 9.53 Å². The van der Waals surface area contributed by atoms with E-state index in [1.165, 1.54) is 38.5 Å². The van der Waals surface area contributed by atoms with E-state index in [2.05, 4.69) is 19.1 Å². The van der Waals surface area contributed by atoms with Gasteiger partial charge >= 0.3 is 5.97 Å². The van der Waals surface area contributed by atoms with Crippen LogP contribution in [0.15, 0.2) is 12.2 Å². The lowest BCUT2D eigenvalue weighted by atomic mass is 9.69.